The Morgan fingerprint density at radius 2 is 1.67 bits per heavy atom. The quantitative estimate of drug-likeness (QED) is 0.611. The molecule has 0 rings (SSSR count). The average Bonchev–Trinajstić information content (AvgIpc) is 2.21. The molecule has 0 aromatic rings. The molecule has 3 nitrogen and oxygen atoms in total. The van der Waals surface area contributed by atoms with Gasteiger partial charge in [0, 0.05) is 6.04 Å². The lowest BCUT2D eigenvalue weighted by atomic mass is 10.1. The summed E-state index contributed by atoms with van der Waals surface area (Å²) in [4.78, 5) is 13.8. The summed E-state index contributed by atoms with van der Waals surface area (Å²) in [6, 6.07) is 0.384. The third kappa shape index (κ3) is 4.20. The van der Waals surface area contributed by atoms with Gasteiger partial charge in [-0.05, 0) is 33.2 Å². The summed E-state index contributed by atoms with van der Waals surface area (Å²) >= 11 is 0. The van der Waals surface area contributed by atoms with Crippen molar-refractivity contribution in [2.24, 2.45) is 0 Å². The molecule has 1 atom stereocenters. The zero-order chi connectivity index (χ0) is 11.8. The van der Waals surface area contributed by atoms with Crippen molar-refractivity contribution in [1.82, 2.24) is 4.90 Å². The monoisotopic (exact) mass is 215 g/mol. The van der Waals surface area contributed by atoms with Crippen LogP contribution in [0.3, 0.4) is 0 Å². The third-order valence-electron chi connectivity index (χ3n) is 2.96. The highest BCUT2D eigenvalue weighted by atomic mass is 16.5. The fourth-order valence-electron chi connectivity index (χ4n) is 1.98. The standard InChI is InChI=1S/C12H25NO2/c1-6-10(7-2)13(5)11(8-3)12(14)15-9-4/h10-11H,6-9H2,1-5H3. The number of carbonyl (C=O) groups excluding carboxylic acids is 1. The van der Waals surface area contributed by atoms with E-state index in [9.17, 15) is 4.79 Å². The summed E-state index contributed by atoms with van der Waals surface area (Å²) in [6.07, 6.45) is 2.96. The van der Waals surface area contributed by atoms with E-state index in [1.54, 1.807) is 0 Å². The molecule has 0 heterocycles. The van der Waals surface area contributed by atoms with Crippen molar-refractivity contribution >= 4 is 5.97 Å². The lowest BCUT2D eigenvalue weighted by molar-refractivity contribution is -0.150. The van der Waals surface area contributed by atoms with Crippen LogP contribution in [0.5, 0.6) is 0 Å². The molecule has 0 bridgehead atoms. The minimum Gasteiger partial charge on any atom is -0.465 e. The van der Waals surface area contributed by atoms with Gasteiger partial charge in [0.15, 0.2) is 0 Å². The van der Waals surface area contributed by atoms with Gasteiger partial charge in [-0.2, -0.15) is 0 Å². The van der Waals surface area contributed by atoms with E-state index in [1.165, 1.54) is 0 Å². The molecule has 0 aliphatic rings. The maximum atomic E-state index is 11.7. The number of carbonyl (C=O) groups is 1. The Hall–Kier alpha value is -0.570. The van der Waals surface area contributed by atoms with Gasteiger partial charge in [-0.3, -0.25) is 9.69 Å². The van der Waals surface area contributed by atoms with Gasteiger partial charge in [-0.1, -0.05) is 20.8 Å². The van der Waals surface area contributed by atoms with Crippen LogP contribution in [0.2, 0.25) is 0 Å². The first kappa shape index (κ1) is 14.4. The van der Waals surface area contributed by atoms with E-state index in [4.69, 9.17) is 4.74 Å². The minimum atomic E-state index is -0.0885. The van der Waals surface area contributed by atoms with E-state index in [1.807, 2.05) is 20.9 Å². The van der Waals surface area contributed by atoms with Crippen LogP contribution in [-0.4, -0.2) is 36.6 Å². The number of rotatable bonds is 7. The molecule has 0 aromatic heterocycles. The predicted molar refractivity (Wildman–Crippen MR) is 62.8 cm³/mol. The van der Waals surface area contributed by atoms with Crippen molar-refractivity contribution < 1.29 is 9.53 Å². The summed E-state index contributed by atoms with van der Waals surface area (Å²) in [5, 5.41) is 0. The molecule has 15 heavy (non-hydrogen) atoms. The SMILES string of the molecule is CCOC(=O)C(CC)N(C)C(CC)CC. The molecule has 0 saturated carbocycles. The van der Waals surface area contributed by atoms with Crippen LogP contribution in [0, 0.1) is 0 Å². The maximum Gasteiger partial charge on any atom is 0.323 e. The smallest absolute Gasteiger partial charge is 0.323 e. The molecule has 3 heteroatoms. The van der Waals surface area contributed by atoms with Crippen LogP contribution >= 0.6 is 0 Å². The van der Waals surface area contributed by atoms with Gasteiger partial charge >= 0.3 is 5.97 Å². The molecule has 0 aliphatic heterocycles. The Kier molecular flexibility index (Phi) is 7.39. The molecule has 0 aromatic carbocycles. The van der Waals surface area contributed by atoms with E-state index in [2.05, 4.69) is 18.7 Å². The predicted octanol–water partition coefficient (Wildman–Crippen LogP) is 2.45. The van der Waals surface area contributed by atoms with E-state index < -0.39 is 0 Å². The Morgan fingerprint density at radius 3 is 2.00 bits per heavy atom. The van der Waals surface area contributed by atoms with Gasteiger partial charge in [0.1, 0.15) is 6.04 Å². The number of hydrogen-bond donors (Lipinski definition) is 0. The van der Waals surface area contributed by atoms with Crippen LogP contribution in [-0.2, 0) is 9.53 Å². The number of likely N-dealkylation sites (N-methyl/N-ethyl adjacent to an activating group) is 1. The Balaban J connectivity index is 4.43. The van der Waals surface area contributed by atoms with Crippen molar-refractivity contribution in [3.63, 3.8) is 0 Å². The second kappa shape index (κ2) is 7.69. The number of esters is 1. The van der Waals surface area contributed by atoms with Gasteiger partial charge in [-0.25, -0.2) is 0 Å². The molecule has 0 saturated heterocycles. The van der Waals surface area contributed by atoms with Crippen LogP contribution < -0.4 is 0 Å². The molecular formula is C12H25NO2. The first-order valence-electron chi connectivity index (χ1n) is 6.00. The van der Waals surface area contributed by atoms with Gasteiger partial charge in [-0.15, -0.1) is 0 Å². The van der Waals surface area contributed by atoms with Crippen LogP contribution in [0.25, 0.3) is 0 Å². The zero-order valence-corrected chi connectivity index (χ0v) is 10.7. The van der Waals surface area contributed by atoms with Crippen molar-refractivity contribution in [2.75, 3.05) is 13.7 Å². The second-order valence-corrected chi connectivity index (χ2v) is 3.81. The van der Waals surface area contributed by atoms with E-state index >= 15 is 0 Å². The highest BCUT2D eigenvalue weighted by molar-refractivity contribution is 5.75. The highest BCUT2D eigenvalue weighted by Gasteiger charge is 2.26. The van der Waals surface area contributed by atoms with Gasteiger partial charge in [0.2, 0.25) is 0 Å². The largest absolute Gasteiger partial charge is 0.465 e. The average molecular weight is 215 g/mol. The maximum absolute atomic E-state index is 11.7. The van der Waals surface area contributed by atoms with E-state index in [-0.39, 0.29) is 12.0 Å². The molecule has 0 fully saturated rings. The Labute approximate surface area is 93.8 Å². The normalized spacial score (nSPS) is 13.3. The topological polar surface area (TPSA) is 29.5 Å². The zero-order valence-electron chi connectivity index (χ0n) is 10.7. The molecule has 0 spiro atoms. The van der Waals surface area contributed by atoms with Gasteiger partial charge in [0.05, 0.1) is 6.61 Å². The lowest BCUT2D eigenvalue weighted by Gasteiger charge is -2.32. The fraction of sp³-hybridized carbons (Fsp3) is 0.917. The van der Waals surface area contributed by atoms with Crippen molar-refractivity contribution in [1.29, 1.82) is 0 Å². The van der Waals surface area contributed by atoms with Gasteiger partial charge < -0.3 is 4.74 Å². The van der Waals surface area contributed by atoms with Crippen molar-refractivity contribution in [3.8, 4) is 0 Å². The third-order valence-corrected chi connectivity index (χ3v) is 2.96. The summed E-state index contributed by atoms with van der Waals surface area (Å²) in [5.74, 6) is -0.0885. The number of nitrogens with zero attached hydrogens (tertiary/aromatic N) is 1. The van der Waals surface area contributed by atoms with Crippen molar-refractivity contribution in [2.45, 2.75) is 59.0 Å². The highest BCUT2D eigenvalue weighted by Crippen LogP contribution is 2.13. The Bertz CT molecular complexity index is 178. The summed E-state index contributed by atoms with van der Waals surface area (Å²) < 4.78 is 5.07. The summed E-state index contributed by atoms with van der Waals surface area (Å²) in [6.45, 7) is 8.65. The molecule has 0 N–H and O–H groups in total. The summed E-state index contributed by atoms with van der Waals surface area (Å²) in [7, 11) is 2.02. The number of ether oxygens (including phenoxy) is 1. The van der Waals surface area contributed by atoms with Crippen LogP contribution in [0.4, 0.5) is 0 Å². The van der Waals surface area contributed by atoms with E-state index in [0.717, 1.165) is 19.3 Å². The van der Waals surface area contributed by atoms with Crippen LogP contribution in [0.1, 0.15) is 47.0 Å². The molecule has 1 unspecified atom stereocenters. The van der Waals surface area contributed by atoms with Crippen molar-refractivity contribution in [3.05, 3.63) is 0 Å². The first-order chi connectivity index (χ1) is 7.12. The summed E-state index contributed by atoms with van der Waals surface area (Å²) in [5.41, 5.74) is 0. The van der Waals surface area contributed by atoms with E-state index in [0.29, 0.717) is 12.6 Å². The first-order valence-corrected chi connectivity index (χ1v) is 6.00. The minimum absolute atomic E-state index is 0.0881. The molecule has 0 radical (unpaired) electrons. The fourth-order valence-corrected chi connectivity index (χ4v) is 1.98. The van der Waals surface area contributed by atoms with Gasteiger partial charge in [0.25, 0.3) is 0 Å². The second-order valence-electron chi connectivity index (χ2n) is 3.81. The Morgan fingerprint density at radius 1 is 1.13 bits per heavy atom. The molecular weight excluding hydrogens is 190 g/mol. The van der Waals surface area contributed by atoms with Crippen LogP contribution in [0.15, 0.2) is 0 Å². The number of hydrogen-bond acceptors (Lipinski definition) is 3. The molecule has 0 amide bonds. The molecule has 90 valence electrons. The molecule has 0 aliphatic carbocycles. The lowest BCUT2D eigenvalue weighted by Crippen LogP contribution is -2.44.